The molecule has 4 nitrogen and oxygen atoms in total. The monoisotopic (exact) mass is 301 g/mol. The summed E-state index contributed by atoms with van der Waals surface area (Å²) < 4.78 is 0. The summed E-state index contributed by atoms with van der Waals surface area (Å²) in [4.78, 5) is 16.9. The van der Waals surface area contributed by atoms with Crippen molar-refractivity contribution in [1.82, 2.24) is 9.80 Å². The number of aryl methyl sites for hydroxylation is 1. The van der Waals surface area contributed by atoms with Crippen LogP contribution in [0.5, 0.6) is 0 Å². The van der Waals surface area contributed by atoms with E-state index in [2.05, 4.69) is 29.3 Å². The summed E-state index contributed by atoms with van der Waals surface area (Å²) >= 11 is 0. The van der Waals surface area contributed by atoms with E-state index in [4.69, 9.17) is 0 Å². The minimum absolute atomic E-state index is 0.0373. The largest absolute Gasteiger partial charge is 0.322 e. The molecule has 1 aliphatic carbocycles. The second-order valence-electron chi connectivity index (χ2n) is 6.44. The number of benzene rings is 1. The van der Waals surface area contributed by atoms with Gasteiger partial charge in [-0.3, -0.25) is 4.90 Å². The van der Waals surface area contributed by atoms with Gasteiger partial charge in [0.25, 0.3) is 0 Å². The van der Waals surface area contributed by atoms with E-state index in [0.717, 1.165) is 44.3 Å². The van der Waals surface area contributed by atoms with Gasteiger partial charge in [-0.2, -0.15) is 0 Å². The molecule has 0 radical (unpaired) electrons. The summed E-state index contributed by atoms with van der Waals surface area (Å²) in [6.45, 7) is 5.86. The fourth-order valence-electron chi connectivity index (χ4n) is 3.59. The van der Waals surface area contributed by atoms with Gasteiger partial charge < -0.3 is 10.2 Å². The third kappa shape index (κ3) is 3.61. The van der Waals surface area contributed by atoms with Crippen LogP contribution in [0.25, 0.3) is 0 Å². The van der Waals surface area contributed by atoms with Crippen molar-refractivity contribution >= 4 is 11.7 Å². The molecule has 0 aromatic heterocycles. The maximum atomic E-state index is 12.3. The number of hydrogen-bond acceptors (Lipinski definition) is 2. The van der Waals surface area contributed by atoms with Gasteiger partial charge in [-0.05, 0) is 37.0 Å². The zero-order valence-electron chi connectivity index (χ0n) is 13.6. The minimum Gasteiger partial charge on any atom is -0.322 e. The van der Waals surface area contributed by atoms with Gasteiger partial charge in [0.15, 0.2) is 0 Å². The molecule has 3 rings (SSSR count). The number of piperazine rings is 1. The van der Waals surface area contributed by atoms with Gasteiger partial charge in [0.1, 0.15) is 0 Å². The van der Waals surface area contributed by atoms with Crippen LogP contribution >= 0.6 is 0 Å². The van der Waals surface area contributed by atoms with Gasteiger partial charge in [-0.25, -0.2) is 4.79 Å². The first kappa shape index (κ1) is 15.3. The lowest BCUT2D eigenvalue weighted by Gasteiger charge is -2.38. The Labute approximate surface area is 133 Å². The van der Waals surface area contributed by atoms with Gasteiger partial charge >= 0.3 is 6.03 Å². The Morgan fingerprint density at radius 1 is 1.09 bits per heavy atom. The molecule has 4 heteroatoms. The van der Waals surface area contributed by atoms with Crippen LogP contribution in [0.2, 0.25) is 0 Å². The Balaban J connectivity index is 1.48. The van der Waals surface area contributed by atoms with Gasteiger partial charge in [0.2, 0.25) is 0 Å². The van der Waals surface area contributed by atoms with Crippen LogP contribution in [0.4, 0.5) is 10.5 Å². The third-order valence-corrected chi connectivity index (χ3v) is 5.06. The van der Waals surface area contributed by atoms with Crippen molar-refractivity contribution in [3.63, 3.8) is 0 Å². The molecule has 120 valence electrons. The first-order valence-corrected chi connectivity index (χ1v) is 8.65. The van der Waals surface area contributed by atoms with E-state index in [1.165, 1.54) is 31.2 Å². The Hall–Kier alpha value is -1.55. The summed E-state index contributed by atoms with van der Waals surface area (Å²) in [5.74, 6) is 0. The summed E-state index contributed by atoms with van der Waals surface area (Å²) in [6.07, 6.45) is 6.46. The van der Waals surface area contributed by atoms with E-state index in [9.17, 15) is 4.79 Å². The number of nitrogens with one attached hydrogen (secondary N) is 1. The van der Waals surface area contributed by atoms with E-state index >= 15 is 0 Å². The molecular formula is C18H27N3O. The van der Waals surface area contributed by atoms with E-state index in [1.54, 1.807) is 0 Å². The molecule has 1 saturated carbocycles. The molecular weight excluding hydrogens is 274 g/mol. The lowest BCUT2D eigenvalue weighted by Crippen LogP contribution is -2.52. The second kappa shape index (κ2) is 7.14. The number of amides is 2. The maximum Gasteiger partial charge on any atom is 0.321 e. The highest BCUT2D eigenvalue weighted by Gasteiger charge is 2.27. The quantitative estimate of drug-likeness (QED) is 0.929. The predicted octanol–water partition coefficient (Wildman–Crippen LogP) is 3.34. The molecule has 1 heterocycles. The molecule has 1 saturated heterocycles. The molecule has 0 spiro atoms. The molecule has 2 amide bonds. The Morgan fingerprint density at radius 2 is 1.73 bits per heavy atom. The van der Waals surface area contributed by atoms with Crippen molar-refractivity contribution in [1.29, 1.82) is 0 Å². The summed E-state index contributed by atoms with van der Waals surface area (Å²) in [7, 11) is 0. The van der Waals surface area contributed by atoms with E-state index < -0.39 is 0 Å². The molecule has 2 fully saturated rings. The Morgan fingerprint density at radius 3 is 2.32 bits per heavy atom. The average molecular weight is 301 g/mol. The van der Waals surface area contributed by atoms with Crippen molar-refractivity contribution in [2.45, 2.75) is 45.1 Å². The van der Waals surface area contributed by atoms with Crippen LogP contribution in [-0.4, -0.2) is 48.1 Å². The number of hydrogen-bond donors (Lipinski definition) is 1. The van der Waals surface area contributed by atoms with Crippen LogP contribution in [0.15, 0.2) is 24.3 Å². The van der Waals surface area contributed by atoms with Crippen molar-refractivity contribution in [3.8, 4) is 0 Å². The van der Waals surface area contributed by atoms with Gasteiger partial charge in [0, 0.05) is 37.9 Å². The van der Waals surface area contributed by atoms with Crippen molar-refractivity contribution in [2.75, 3.05) is 31.5 Å². The van der Waals surface area contributed by atoms with Crippen molar-refractivity contribution < 1.29 is 4.79 Å². The third-order valence-electron chi connectivity index (χ3n) is 5.06. The highest BCUT2D eigenvalue weighted by Crippen LogP contribution is 2.24. The number of urea groups is 1. The van der Waals surface area contributed by atoms with Gasteiger partial charge in [-0.15, -0.1) is 0 Å². The molecule has 1 aliphatic heterocycles. The van der Waals surface area contributed by atoms with E-state index in [1.807, 2.05) is 17.0 Å². The molecule has 22 heavy (non-hydrogen) atoms. The molecule has 1 N–H and O–H groups in total. The Bertz CT molecular complexity index is 486. The van der Waals surface area contributed by atoms with Crippen molar-refractivity contribution in [2.24, 2.45) is 0 Å². The molecule has 0 atom stereocenters. The Kier molecular flexibility index (Phi) is 4.98. The van der Waals surface area contributed by atoms with Crippen LogP contribution in [0.3, 0.4) is 0 Å². The molecule has 1 aromatic carbocycles. The summed E-state index contributed by atoms with van der Waals surface area (Å²) in [6, 6.07) is 8.94. The normalized spacial score (nSPS) is 20.3. The van der Waals surface area contributed by atoms with Gasteiger partial charge in [-0.1, -0.05) is 31.9 Å². The molecule has 2 aliphatic rings. The molecule has 0 unspecified atom stereocenters. The lowest BCUT2D eigenvalue weighted by atomic mass is 10.1. The summed E-state index contributed by atoms with van der Waals surface area (Å²) in [5, 5.41) is 3.02. The van der Waals surface area contributed by atoms with E-state index in [-0.39, 0.29) is 6.03 Å². The second-order valence-corrected chi connectivity index (χ2v) is 6.44. The number of carbonyl (C=O) groups excluding carboxylic acids is 1. The molecule has 1 aromatic rings. The number of anilines is 1. The smallest absolute Gasteiger partial charge is 0.321 e. The summed E-state index contributed by atoms with van der Waals surface area (Å²) in [5.41, 5.74) is 2.18. The molecule has 0 bridgehead atoms. The standard InChI is InChI=1S/C18H27N3O/c1-2-15-7-9-16(10-8-15)19-18(22)21-13-11-20(12-14-21)17-5-3-4-6-17/h7-10,17H,2-6,11-14H2,1H3,(H,19,22). The number of rotatable bonds is 3. The van der Waals surface area contributed by atoms with Crippen LogP contribution in [0, 0.1) is 0 Å². The van der Waals surface area contributed by atoms with Crippen molar-refractivity contribution in [3.05, 3.63) is 29.8 Å². The van der Waals surface area contributed by atoms with Gasteiger partial charge in [0.05, 0.1) is 0 Å². The first-order chi connectivity index (χ1) is 10.8. The lowest BCUT2D eigenvalue weighted by molar-refractivity contribution is 0.115. The number of nitrogens with zero attached hydrogens (tertiary/aromatic N) is 2. The van der Waals surface area contributed by atoms with E-state index in [0.29, 0.717) is 0 Å². The highest BCUT2D eigenvalue weighted by atomic mass is 16.2. The van der Waals surface area contributed by atoms with Crippen LogP contribution in [0.1, 0.15) is 38.2 Å². The minimum atomic E-state index is 0.0373. The topological polar surface area (TPSA) is 35.6 Å². The zero-order valence-corrected chi connectivity index (χ0v) is 13.6. The fourth-order valence-corrected chi connectivity index (χ4v) is 3.59. The predicted molar refractivity (Wildman–Crippen MR) is 90.2 cm³/mol. The highest BCUT2D eigenvalue weighted by molar-refractivity contribution is 5.89. The number of carbonyl (C=O) groups is 1. The SMILES string of the molecule is CCc1ccc(NC(=O)N2CCN(C3CCCC3)CC2)cc1. The van der Waals surface area contributed by atoms with Crippen LogP contribution < -0.4 is 5.32 Å². The average Bonchev–Trinajstić information content (AvgIpc) is 3.10. The maximum absolute atomic E-state index is 12.3. The first-order valence-electron chi connectivity index (χ1n) is 8.65. The fraction of sp³-hybridized carbons (Fsp3) is 0.611. The zero-order chi connectivity index (χ0) is 15.4. The van der Waals surface area contributed by atoms with Crippen LogP contribution in [-0.2, 0) is 6.42 Å².